The molecule has 1 saturated heterocycles. The Kier molecular flexibility index (Phi) is 4.75. The van der Waals surface area contributed by atoms with Crippen LogP contribution in [0, 0.1) is 10.1 Å². The van der Waals surface area contributed by atoms with Crippen LogP contribution in [-0.2, 0) is 0 Å². The molecule has 0 saturated carbocycles. The van der Waals surface area contributed by atoms with Gasteiger partial charge in [-0.3, -0.25) is 14.9 Å². The van der Waals surface area contributed by atoms with E-state index in [1.807, 2.05) is 0 Å². The summed E-state index contributed by atoms with van der Waals surface area (Å²) in [6.07, 6.45) is 5.44. The van der Waals surface area contributed by atoms with Gasteiger partial charge in [-0.05, 0) is 32.6 Å². The Balaban J connectivity index is 2.38. The Hall–Kier alpha value is -1.43. The molecule has 110 valence electrons. The molecule has 0 spiro atoms. The van der Waals surface area contributed by atoms with Gasteiger partial charge in [0.1, 0.15) is 0 Å². The highest BCUT2D eigenvalue weighted by Crippen LogP contribution is 2.41. The molecular formula is C14H20N2O3S. The highest BCUT2D eigenvalue weighted by molar-refractivity contribution is 7.18. The number of hydrogen-bond donors (Lipinski definition) is 0. The summed E-state index contributed by atoms with van der Waals surface area (Å²) < 4.78 is 0. The Bertz CT molecular complexity index is 511. The average Bonchev–Trinajstić information content (AvgIpc) is 2.85. The second-order valence-electron chi connectivity index (χ2n) is 5.25. The van der Waals surface area contributed by atoms with E-state index in [0.717, 1.165) is 32.2 Å². The van der Waals surface area contributed by atoms with E-state index in [4.69, 9.17) is 0 Å². The number of piperidine rings is 1. The molecule has 0 aromatic carbocycles. The van der Waals surface area contributed by atoms with Crippen LogP contribution in [0.15, 0.2) is 6.07 Å². The number of ketones is 1. The number of nitro groups is 1. The third-order valence-corrected chi connectivity index (χ3v) is 5.01. The van der Waals surface area contributed by atoms with Crippen molar-refractivity contribution in [3.05, 3.63) is 21.1 Å². The molecule has 2 rings (SSSR count). The topological polar surface area (TPSA) is 63.5 Å². The largest absolute Gasteiger partial charge is 0.355 e. The Morgan fingerprint density at radius 2 is 2.30 bits per heavy atom. The van der Waals surface area contributed by atoms with Gasteiger partial charge in [-0.2, -0.15) is 0 Å². The number of Topliss-reactive ketones (excluding diaryl/α,β-unsaturated/α-hetero) is 1. The molecule has 1 aromatic heterocycles. The van der Waals surface area contributed by atoms with Crippen molar-refractivity contribution in [2.24, 2.45) is 0 Å². The normalized spacial score (nSPS) is 19.1. The van der Waals surface area contributed by atoms with Crippen molar-refractivity contribution in [2.75, 3.05) is 11.4 Å². The van der Waals surface area contributed by atoms with Gasteiger partial charge in [0.25, 0.3) is 0 Å². The first-order chi connectivity index (χ1) is 9.54. The van der Waals surface area contributed by atoms with Crippen LogP contribution in [0.3, 0.4) is 0 Å². The van der Waals surface area contributed by atoms with Crippen molar-refractivity contribution in [3.8, 4) is 0 Å². The summed E-state index contributed by atoms with van der Waals surface area (Å²) in [4.78, 5) is 25.0. The molecule has 1 atom stereocenters. The van der Waals surface area contributed by atoms with Crippen LogP contribution in [0.25, 0.3) is 0 Å². The molecule has 0 aliphatic carbocycles. The maximum absolute atomic E-state index is 11.5. The van der Waals surface area contributed by atoms with Gasteiger partial charge in [0.15, 0.2) is 10.8 Å². The van der Waals surface area contributed by atoms with E-state index in [9.17, 15) is 14.9 Å². The van der Waals surface area contributed by atoms with Crippen molar-refractivity contribution in [3.63, 3.8) is 0 Å². The van der Waals surface area contributed by atoms with E-state index in [0.29, 0.717) is 15.9 Å². The summed E-state index contributed by atoms with van der Waals surface area (Å²) in [6, 6.07) is 1.80. The maximum atomic E-state index is 11.5. The second-order valence-corrected chi connectivity index (χ2v) is 6.28. The van der Waals surface area contributed by atoms with Crippen LogP contribution in [0.2, 0.25) is 0 Å². The monoisotopic (exact) mass is 296 g/mol. The molecule has 1 unspecified atom stereocenters. The predicted octanol–water partition coefficient (Wildman–Crippen LogP) is 4.02. The molecule has 0 bridgehead atoms. The van der Waals surface area contributed by atoms with Crippen molar-refractivity contribution in [2.45, 2.75) is 52.0 Å². The summed E-state index contributed by atoms with van der Waals surface area (Å²) in [7, 11) is 0. The van der Waals surface area contributed by atoms with E-state index >= 15 is 0 Å². The Morgan fingerprint density at radius 3 is 2.90 bits per heavy atom. The molecule has 6 heteroatoms. The lowest BCUT2D eigenvalue weighted by molar-refractivity contribution is -0.383. The average molecular weight is 296 g/mol. The molecule has 0 radical (unpaired) electrons. The first kappa shape index (κ1) is 15.0. The van der Waals surface area contributed by atoms with Gasteiger partial charge < -0.3 is 4.90 Å². The Labute approximate surface area is 122 Å². The Morgan fingerprint density at radius 1 is 1.55 bits per heavy atom. The smallest absolute Gasteiger partial charge is 0.304 e. The van der Waals surface area contributed by atoms with Crippen LogP contribution >= 0.6 is 11.3 Å². The number of thiophene rings is 1. The summed E-state index contributed by atoms with van der Waals surface area (Å²) in [5.74, 6) is -0.103. The van der Waals surface area contributed by atoms with Gasteiger partial charge >= 0.3 is 5.69 Å². The van der Waals surface area contributed by atoms with Crippen molar-refractivity contribution >= 4 is 27.8 Å². The number of carbonyl (C=O) groups is 1. The fraction of sp³-hybridized carbons (Fsp3) is 0.643. The van der Waals surface area contributed by atoms with E-state index in [-0.39, 0.29) is 16.4 Å². The van der Waals surface area contributed by atoms with Crippen LogP contribution in [-0.4, -0.2) is 23.3 Å². The lowest BCUT2D eigenvalue weighted by Crippen LogP contribution is -2.39. The zero-order valence-electron chi connectivity index (χ0n) is 11.9. The standard InChI is InChI=1S/C14H20N2O3S/c1-3-6-11-7-4-5-8-15(11)14-12(16(18)19)9-13(20-14)10(2)17/h9,11H,3-8H2,1-2H3. The molecule has 1 aliphatic heterocycles. The molecular weight excluding hydrogens is 276 g/mol. The lowest BCUT2D eigenvalue weighted by atomic mass is 9.98. The number of hydrogen-bond acceptors (Lipinski definition) is 5. The molecule has 20 heavy (non-hydrogen) atoms. The predicted molar refractivity (Wildman–Crippen MR) is 80.9 cm³/mol. The third-order valence-electron chi connectivity index (χ3n) is 3.75. The number of anilines is 1. The second kappa shape index (κ2) is 6.35. The summed E-state index contributed by atoms with van der Waals surface area (Å²) in [5, 5.41) is 11.9. The fourth-order valence-corrected chi connectivity index (χ4v) is 3.90. The summed E-state index contributed by atoms with van der Waals surface area (Å²) in [5.41, 5.74) is 0.0863. The minimum atomic E-state index is -0.365. The van der Waals surface area contributed by atoms with Crippen LogP contribution in [0.5, 0.6) is 0 Å². The first-order valence-electron chi connectivity index (χ1n) is 7.10. The molecule has 1 aromatic rings. The molecule has 0 N–H and O–H groups in total. The summed E-state index contributed by atoms with van der Waals surface area (Å²) in [6.45, 7) is 4.44. The van der Waals surface area contributed by atoms with Crippen LogP contribution in [0.1, 0.15) is 55.6 Å². The van der Waals surface area contributed by atoms with Crippen molar-refractivity contribution in [1.82, 2.24) is 0 Å². The summed E-state index contributed by atoms with van der Waals surface area (Å²) >= 11 is 1.27. The number of nitrogens with zero attached hydrogens (tertiary/aromatic N) is 2. The number of carbonyl (C=O) groups excluding carboxylic acids is 1. The highest BCUT2D eigenvalue weighted by Gasteiger charge is 2.30. The van der Waals surface area contributed by atoms with E-state index < -0.39 is 0 Å². The molecule has 5 nitrogen and oxygen atoms in total. The molecule has 2 heterocycles. The third kappa shape index (κ3) is 3.00. The van der Waals surface area contributed by atoms with Crippen molar-refractivity contribution in [1.29, 1.82) is 0 Å². The van der Waals surface area contributed by atoms with E-state index in [2.05, 4.69) is 11.8 Å². The minimum Gasteiger partial charge on any atom is -0.355 e. The maximum Gasteiger partial charge on any atom is 0.304 e. The van der Waals surface area contributed by atoms with Crippen LogP contribution in [0.4, 0.5) is 10.7 Å². The fourth-order valence-electron chi connectivity index (χ4n) is 2.78. The molecule has 1 fully saturated rings. The zero-order chi connectivity index (χ0) is 14.7. The van der Waals surface area contributed by atoms with Gasteiger partial charge in [0, 0.05) is 18.7 Å². The van der Waals surface area contributed by atoms with Gasteiger partial charge in [0.2, 0.25) is 0 Å². The minimum absolute atomic E-state index is 0.0863. The zero-order valence-corrected chi connectivity index (χ0v) is 12.7. The molecule has 0 amide bonds. The van der Waals surface area contributed by atoms with Gasteiger partial charge in [-0.1, -0.05) is 13.3 Å². The quantitative estimate of drug-likeness (QED) is 0.468. The van der Waals surface area contributed by atoms with E-state index in [1.165, 1.54) is 30.7 Å². The van der Waals surface area contributed by atoms with Gasteiger partial charge in [0.05, 0.1) is 9.80 Å². The number of rotatable bonds is 5. The van der Waals surface area contributed by atoms with Gasteiger partial charge in [-0.15, -0.1) is 11.3 Å². The first-order valence-corrected chi connectivity index (χ1v) is 7.92. The van der Waals surface area contributed by atoms with Crippen LogP contribution < -0.4 is 4.90 Å². The lowest BCUT2D eigenvalue weighted by Gasteiger charge is -2.36. The van der Waals surface area contributed by atoms with E-state index in [1.54, 1.807) is 0 Å². The molecule has 1 aliphatic rings. The highest BCUT2D eigenvalue weighted by atomic mass is 32.1. The van der Waals surface area contributed by atoms with Crippen molar-refractivity contribution < 1.29 is 9.72 Å². The SMILES string of the molecule is CCCC1CCCCN1c1sc(C(C)=O)cc1[N+](=O)[O-]. The van der Waals surface area contributed by atoms with Gasteiger partial charge in [-0.25, -0.2) is 0 Å².